The summed E-state index contributed by atoms with van der Waals surface area (Å²) < 4.78 is 5.46. The van der Waals surface area contributed by atoms with Gasteiger partial charge in [-0.3, -0.25) is 0 Å². The molecule has 0 aliphatic carbocycles. The average Bonchev–Trinajstić information content (AvgIpc) is 3.28. The third-order valence-electron chi connectivity index (χ3n) is 5.98. The second-order valence-corrected chi connectivity index (χ2v) is 8.04. The van der Waals surface area contributed by atoms with Gasteiger partial charge in [0.25, 0.3) is 0 Å². The van der Waals surface area contributed by atoms with Crippen molar-refractivity contribution in [3.63, 3.8) is 0 Å². The number of anilines is 1. The van der Waals surface area contributed by atoms with E-state index < -0.39 is 0 Å². The number of methoxy groups -OCH3 is 1. The van der Waals surface area contributed by atoms with Crippen LogP contribution in [0.5, 0.6) is 11.5 Å². The smallest absolute Gasteiger partial charge is 0.165 e. The highest BCUT2D eigenvalue weighted by Gasteiger charge is 2.29. The number of ether oxygens (including phenoxy) is 1. The van der Waals surface area contributed by atoms with E-state index in [1.807, 2.05) is 30.3 Å². The van der Waals surface area contributed by atoms with Gasteiger partial charge in [-0.15, -0.1) is 0 Å². The molecule has 1 atom stereocenters. The van der Waals surface area contributed by atoms with Gasteiger partial charge in [0.15, 0.2) is 5.82 Å². The average molecular weight is 412 g/mol. The molecule has 0 amide bonds. The van der Waals surface area contributed by atoms with E-state index in [0.717, 1.165) is 47.4 Å². The number of phenols is 1. The maximum absolute atomic E-state index is 10.4. The molecule has 1 N–H and O–H groups in total. The fourth-order valence-electron chi connectivity index (χ4n) is 4.44. The van der Waals surface area contributed by atoms with E-state index in [2.05, 4.69) is 42.2 Å². The van der Waals surface area contributed by atoms with Crippen LogP contribution in [0.15, 0.2) is 66.7 Å². The van der Waals surface area contributed by atoms with Crippen LogP contribution in [0, 0.1) is 6.92 Å². The minimum absolute atomic E-state index is 0.186. The van der Waals surface area contributed by atoms with Gasteiger partial charge in [0.2, 0.25) is 0 Å². The zero-order valence-electron chi connectivity index (χ0n) is 17.7. The number of benzene rings is 3. The molecule has 4 aromatic rings. The molecule has 5 rings (SSSR count). The van der Waals surface area contributed by atoms with Crippen molar-refractivity contribution in [1.82, 2.24) is 9.97 Å². The van der Waals surface area contributed by atoms with Gasteiger partial charge in [-0.2, -0.15) is 0 Å². The number of phenolic OH excluding ortho intramolecular Hbond substituents is 1. The van der Waals surface area contributed by atoms with Crippen molar-refractivity contribution in [3.8, 4) is 22.9 Å². The molecule has 0 bridgehead atoms. The number of aryl methyl sites for hydroxylation is 1. The fraction of sp³-hybridized carbons (Fsp3) is 0.231. The molecular formula is C26H25N3O2. The van der Waals surface area contributed by atoms with Gasteiger partial charge in [-0.1, -0.05) is 30.3 Å². The molecule has 1 aromatic heterocycles. The Bertz CT molecular complexity index is 1250. The highest BCUT2D eigenvalue weighted by molar-refractivity contribution is 5.92. The van der Waals surface area contributed by atoms with Gasteiger partial charge in [0.1, 0.15) is 17.3 Å². The van der Waals surface area contributed by atoms with Gasteiger partial charge in [-0.25, -0.2) is 9.97 Å². The second kappa shape index (κ2) is 7.91. The Hall–Kier alpha value is -3.60. The summed E-state index contributed by atoms with van der Waals surface area (Å²) in [6, 6.07) is 22.0. The van der Waals surface area contributed by atoms with E-state index in [4.69, 9.17) is 14.7 Å². The van der Waals surface area contributed by atoms with E-state index >= 15 is 0 Å². The summed E-state index contributed by atoms with van der Waals surface area (Å²) in [6.07, 6.45) is 2.14. The lowest BCUT2D eigenvalue weighted by atomic mass is 10.0. The maximum atomic E-state index is 10.4. The van der Waals surface area contributed by atoms with E-state index in [-0.39, 0.29) is 11.8 Å². The maximum Gasteiger partial charge on any atom is 0.165 e. The monoisotopic (exact) mass is 411 g/mol. The summed E-state index contributed by atoms with van der Waals surface area (Å²) >= 11 is 0. The number of hydrogen-bond acceptors (Lipinski definition) is 5. The summed E-state index contributed by atoms with van der Waals surface area (Å²) in [5.74, 6) is 2.50. The predicted molar refractivity (Wildman–Crippen MR) is 124 cm³/mol. The third-order valence-corrected chi connectivity index (χ3v) is 5.98. The van der Waals surface area contributed by atoms with Crippen LogP contribution in [0.3, 0.4) is 0 Å². The highest BCUT2D eigenvalue weighted by atomic mass is 16.5. The second-order valence-electron chi connectivity index (χ2n) is 8.04. The summed E-state index contributed by atoms with van der Waals surface area (Å²) in [4.78, 5) is 12.2. The summed E-state index contributed by atoms with van der Waals surface area (Å²) in [5.41, 5.74) is 3.90. The number of para-hydroxylation sites is 1. The van der Waals surface area contributed by atoms with E-state index in [9.17, 15) is 5.11 Å². The van der Waals surface area contributed by atoms with Crippen LogP contribution in [-0.4, -0.2) is 28.7 Å². The molecule has 2 heterocycles. The lowest BCUT2D eigenvalue weighted by Crippen LogP contribution is -2.24. The van der Waals surface area contributed by atoms with E-state index in [1.54, 1.807) is 13.2 Å². The van der Waals surface area contributed by atoms with Gasteiger partial charge >= 0.3 is 0 Å². The Kier molecular flexibility index (Phi) is 4.94. The minimum atomic E-state index is 0.186. The van der Waals surface area contributed by atoms with E-state index in [0.29, 0.717) is 11.4 Å². The molecule has 5 heteroatoms. The Labute approximate surface area is 182 Å². The van der Waals surface area contributed by atoms with Crippen LogP contribution < -0.4 is 9.64 Å². The number of rotatable bonds is 4. The molecule has 1 saturated heterocycles. The van der Waals surface area contributed by atoms with Crippen molar-refractivity contribution >= 4 is 16.7 Å². The Balaban J connectivity index is 1.68. The van der Waals surface area contributed by atoms with Crippen molar-refractivity contribution in [2.75, 3.05) is 18.6 Å². The SMILES string of the molecule is COc1cccc(C2CCCN2c2nc(-c3ccccc3O)nc3cc(C)ccc23)c1. The minimum Gasteiger partial charge on any atom is -0.507 e. The number of hydrogen-bond donors (Lipinski definition) is 1. The zero-order valence-corrected chi connectivity index (χ0v) is 17.7. The van der Waals surface area contributed by atoms with E-state index in [1.165, 1.54) is 5.56 Å². The van der Waals surface area contributed by atoms with Gasteiger partial charge in [0.05, 0.1) is 24.2 Å². The number of aromatic hydroxyl groups is 1. The molecule has 31 heavy (non-hydrogen) atoms. The number of fused-ring (bicyclic) bond motifs is 1. The van der Waals surface area contributed by atoms with Crippen LogP contribution in [0.25, 0.3) is 22.3 Å². The molecule has 1 fully saturated rings. The van der Waals surface area contributed by atoms with Crippen LogP contribution in [0.2, 0.25) is 0 Å². The van der Waals surface area contributed by atoms with Crippen molar-refractivity contribution in [1.29, 1.82) is 0 Å². The van der Waals surface area contributed by atoms with Crippen molar-refractivity contribution in [2.45, 2.75) is 25.8 Å². The first kappa shape index (κ1) is 19.4. The van der Waals surface area contributed by atoms with Gasteiger partial charge in [-0.05, 0) is 67.3 Å². The first-order valence-electron chi connectivity index (χ1n) is 10.6. The molecule has 1 unspecified atom stereocenters. The quantitative estimate of drug-likeness (QED) is 0.469. The Morgan fingerprint density at radius 2 is 1.87 bits per heavy atom. The summed E-state index contributed by atoms with van der Waals surface area (Å²) in [6.45, 7) is 2.98. The molecule has 3 aromatic carbocycles. The number of nitrogens with zero attached hydrogens (tertiary/aromatic N) is 3. The largest absolute Gasteiger partial charge is 0.507 e. The molecular weight excluding hydrogens is 386 g/mol. The number of aromatic nitrogens is 2. The van der Waals surface area contributed by atoms with Crippen LogP contribution in [-0.2, 0) is 0 Å². The first-order chi connectivity index (χ1) is 15.1. The van der Waals surface area contributed by atoms with Crippen molar-refractivity contribution in [2.24, 2.45) is 0 Å². The van der Waals surface area contributed by atoms with Crippen LogP contribution in [0.4, 0.5) is 5.82 Å². The van der Waals surface area contributed by atoms with Gasteiger partial charge < -0.3 is 14.7 Å². The third kappa shape index (κ3) is 3.56. The van der Waals surface area contributed by atoms with Crippen LogP contribution >= 0.6 is 0 Å². The van der Waals surface area contributed by atoms with Crippen molar-refractivity contribution < 1.29 is 9.84 Å². The molecule has 156 valence electrons. The molecule has 1 aliphatic rings. The van der Waals surface area contributed by atoms with Crippen LogP contribution in [0.1, 0.15) is 30.0 Å². The lowest BCUT2D eigenvalue weighted by molar-refractivity contribution is 0.414. The summed E-state index contributed by atoms with van der Waals surface area (Å²) in [5, 5.41) is 11.5. The lowest BCUT2D eigenvalue weighted by Gasteiger charge is -2.28. The van der Waals surface area contributed by atoms with Crippen molar-refractivity contribution in [3.05, 3.63) is 77.9 Å². The standard InChI is InChI=1S/C26H25N3O2/c1-17-12-13-20-22(15-17)27-25(21-9-3-4-11-24(21)30)28-26(20)29-14-6-10-23(29)18-7-5-8-19(16-18)31-2/h3-5,7-9,11-13,15-16,23,30H,6,10,14H2,1-2H3. The molecule has 0 spiro atoms. The Morgan fingerprint density at radius 1 is 1.00 bits per heavy atom. The first-order valence-corrected chi connectivity index (χ1v) is 10.6. The molecule has 0 radical (unpaired) electrons. The molecule has 1 aliphatic heterocycles. The normalized spacial score (nSPS) is 16.1. The topological polar surface area (TPSA) is 58.5 Å². The Morgan fingerprint density at radius 3 is 2.71 bits per heavy atom. The van der Waals surface area contributed by atoms with Gasteiger partial charge in [0, 0.05) is 11.9 Å². The molecule has 0 saturated carbocycles. The fourth-order valence-corrected chi connectivity index (χ4v) is 4.44. The molecule has 5 nitrogen and oxygen atoms in total. The predicted octanol–water partition coefficient (Wildman–Crippen LogP) is 5.66. The highest BCUT2D eigenvalue weighted by Crippen LogP contribution is 2.40. The summed E-state index contributed by atoms with van der Waals surface area (Å²) in [7, 11) is 1.70. The zero-order chi connectivity index (χ0) is 21.4.